The van der Waals surface area contributed by atoms with Gasteiger partial charge in [-0.25, -0.2) is 4.98 Å². The molecule has 1 heterocycles. The van der Waals surface area contributed by atoms with Crippen LogP contribution in [-0.4, -0.2) is 44.4 Å². The molecule has 7 nitrogen and oxygen atoms in total. The third kappa shape index (κ3) is 4.62. The average molecular weight is 353 g/mol. The van der Waals surface area contributed by atoms with Gasteiger partial charge in [0, 0.05) is 37.5 Å². The summed E-state index contributed by atoms with van der Waals surface area (Å²) in [4.78, 5) is 8.82. The maximum atomic E-state index is 6.12. The first-order chi connectivity index (χ1) is 11.6. The maximum absolute atomic E-state index is 6.12. The molecule has 0 radical (unpaired) electrons. The van der Waals surface area contributed by atoms with E-state index < -0.39 is 0 Å². The van der Waals surface area contributed by atoms with Gasteiger partial charge in [-0.1, -0.05) is 11.6 Å². The number of rotatable bonds is 8. The molecule has 8 heteroatoms. The van der Waals surface area contributed by atoms with Gasteiger partial charge in [0.05, 0.1) is 31.5 Å². The van der Waals surface area contributed by atoms with Crippen molar-refractivity contribution in [3.05, 3.63) is 28.9 Å². The standard InChI is InChI=1S/C16H21ClN4O3/c1-10-7-15(18-5-6-22-2)21-16(19-10)20-12-9-13(23-3)11(17)8-14(12)24-4/h7-9H,5-6H2,1-4H3,(H2,18,19,20,21). The van der Waals surface area contributed by atoms with Crippen LogP contribution in [0.2, 0.25) is 5.02 Å². The zero-order valence-electron chi connectivity index (χ0n) is 14.1. The minimum atomic E-state index is 0.442. The van der Waals surface area contributed by atoms with Crippen molar-refractivity contribution in [1.82, 2.24) is 9.97 Å². The number of aromatic nitrogens is 2. The molecule has 1 aromatic heterocycles. The van der Waals surface area contributed by atoms with Crippen molar-refractivity contribution >= 4 is 29.1 Å². The monoisotopic (exact) mass is 352 g/mol. The Morgan fingerprint density at radius 3 is 2.46 bits per heavy atom. The van der Waals surface area contributed by atoms with Gasteiger partial charge in [0.25, 0.3) is 0 Å². The van der Waals surface area contributed by atoms with Gasteiger partial charge in [-0.2, -0.15) is 4.98 Å². The molecule has 1 aromatic carbocycles. The molecule has 0 bridgehead atoms. The fraction of sp³-hybridized carbons (Fsp3) is 0.375. The molecule has 0 saturated heterocycles. The lowest BCUT2D eigenvalue weighted by Gasteiger charge is -2.14. The van der Waals surface area contributed by atoms with Crippen LogP contribution in [0, 0.1) is 6.92 Å². The smallest absolute Gasteiger partial charge is 0.229 e. The highest BCUT2D eigenvalue weighted by molar-refractivity contribution is 6.32. The molecule has 0 unspecified atom stereocenters. The van der Waals surface area contributed by atoms with Crippen molar-refractivity contribution in [3.63, 3.8) is 0 Å². The summed E-state index contributed by atoms with van der Waals surface area (Å²) in [6, 6.07) is 5.28. The van der Waals surface area contributed by atoms with Crippen LogP contribution in [0.15, 0.2) is 18.2 Å². The van der Waals surface area contributed by atoms with Crippen LogP contribution >= 0.6 is 11.6 Å². The molecular formula is C16H21ClN4O3. The molecule has 0 aliphatic carbocycles. The van der Waals surface area contributed by atoms with Gasteiger partial charge >= 0.3 is 0 Å². The van der Waals surface area contributed by atoms with Crippen molar-refractivity contribution in [2.45, 2.75) is 6.92 Å². The number of aryl methyl sites for hydroxylation is 1. The SMILES string of the molecule is COCCNc1cc(C)nc(Nc2cc(OC)c(Cl)cc2OC)n1. The lowest BCUT2D eigenvalue weighted by molar-refractivity contribution is 0.210. The van der Waals surface area contributed by atoms with Crippen LogP contribution in [0.3, 0.4) is 0 Å². The molecular weight excluding hydrogens is 332 g/mol. The summed E-state index contributed by atoms with van der Waals surface area (Å²) >= 11 is 6.12. The molecule has 0 spiro atoms. The molecule has 0 saturated carbocycles. The Hall–Kier alpha value is -2.25. The van der Waals surface area contributed by atoms with Crippen LogP contribution in [0.4, 0.5) is 17.5 Å². The molecule has 0 amide bonds. The van der Waals surface area contributed by atoms with Crippen molar-refractivity contribution in [2.75, 3.05) is 45.1 Å². The minimum Gasteiger partial charge on any atom is -0.495 e. The Balaban J connectivity index is 2.27. The molecule has 0 atom stereocenters. The van der Waals surface area contributed by atoms with Crippen LogP contribution in [0.5, 0.6) is 11.5 Å². The Kier molecular flexibility index (Phi) is 6.45. The van der Waals surface area contributed by atoms with E-state index in [2.05, 4.69) is 20.6 Å². The van der Waals surface area contributed by atoms with Crippen LogP contribution < -0.4 is 20.1 Å². The predicted molar refractivity (Wildman–Crippen MR) is 95.0 cm³/mol. The summed E-state index contributed by atoms with van der Waals surface area (Å²) in [5.41, 5.74) is 1.49. The quantitative estimate of drug-likeness (QED) is 0.706. The summed E-state index contributed by atoms with van der Waals surface area (Å²) in [5, 5.41) is 6.78. The summed E-state index contributed by atoms with van der Waals surface area (Å²) in [6.45, 7) is 3.15. The Morgan fingerprint density at radius 2 is 1.79 bits per heavy atom. The second-order valence-electron chi connectivity index (χ2n) is 4.95. The van der Waals surface area contributed by atoms with Crippen molar-refractivity contribution in [1.29, 1.82) is 0 Å². The van der Waals surface area contributed by atoms with Gasteiger partial charge in [-0.05, 0) is 6.92 Å². The first-order valence-corrected chi connectivity index (χ1v) is 7.72. The molecule has 0 aliphatic rings. The number of halogens is 1. The van der Waals surface area contributed by atoms with E-state index in [0.29, 0.717) is 47.1 Å². The Labute approximate surface area is 146 Å². The predicted octanol–water partition coefficient (Wildman–Crippen LogP) is 3.26. The lowest BCUT2D eigenvalue weighted by atomic mass is 10.2. The van der Waals surface area contributed by atoms with Crippen LogP contribution in [-0.2, 0) is 4.74 Å². The van der Waals surface area contributed by atoms with E-state index in [9.17, 15) is 0 Å². The number of nitrogens with one attached hydrogen (secondary N) is 2. The average Bonchev–Trinajstić information content (AvgIpc) is 2.56. The molecule has 130 valence electrons. The Bertz CT molecular complexity index is 697. The van der Waals surface area contributed by atoms with Crippen molar-refractivity contribution < 1.29 is 14.2 Å². The zero-order valence-corrected chi connectivity index (χ0v) is 14.9. The fourth-order valence-corrected chi connectivity index (χ4v) is 2.31. The second kappa shape index (κ2) is 8.56. The van der Waals surface area contributed by atoms with E-state index in [0.717, 1.165) is 5.69 Å². The van der Waals surface area contributed by atoms with Crippen LogP contribution in [0.1, 0.15) is 5.69 Å². The summed E-state index contributed by atoms with van der Waals surface area (Å²) in [5.74, 6) is 2.25. The van der Waals surface area contributed by atoms with Crippen LogP contribution in [0.25, 0.3) is 0 Å². The first-order valence-electron chi connectivity index (χ1n) is 7.34. The van der Waals surface area contributed by atoms with E-state index in [1.165, 1.54) is 0 Å². The summed E-state index contributed by atoms with van der Waals surface area (Å²) in [7, 11) is 4.77. The number of anilines is 3. The Morgan fingerprint density at radius 1 is 1.04 bits per heavy atom. The van der Waals surface area contributed by atoms with Gasteiger partial charge in [0.2, 0.25) is 5.95 Å². The largest absolute Gasteiger partial charge is 0.495 e. The zero-order chi connectivity index (χ0) is 17.5. The maximum Gasteiger partial charge on any atom is 0.229 e. The second-order valence-corrected chi connectivity index (χ2v) is 5.36. The van der Waals surface area contributed by atoms with Gasteiger partial charge in [0.15, 0.2) is 0 Å². The lowest BCUT2D eigenvalue weighted by Crippen LogP contribution is -2.10. The molecule has 2 aromatic rings. The fourth-order valence-electron chi connectivity index (χ4n) is 2.07. The third-order valence-corrected chi connectivity index (χ3v) is 3.48. The minimum absolute atomic E-state index is 0.442. The van der Waals surface area contributed by atoms with Gasteiger partial charge < -0.3 is 24.8 Å². The topological polar surface area (TPSA) is 77.5 Å². The molecule has 0 aliphatic heterocycles. The highest BCUT2D eigenvalue weighted by Gasteiger charge is 2.12. The van der Waals surface area contributed by atoms with Gasteiger partial charge in [-0.3, -0.25) is 0 Å². The number of benzene rings is 1. The first kappa shape index (κ1) is 18.1. The number of nitrogens with zero attached hydrogens (tertiary/aromatic N) is 2. The highest BCUT2D eigenvalue weighted by Crippen LogP contribution is 2.36. The normalized spacial score (nSPS) is 10.4. The molecule has 0 fully saturated rings. The third-order valence-electron chi connectivity index (χ3n) is 3.19. The van der Waals surface area contributed by atoms with Gasteiger partial charge in [-0.15, -0.1) is 0 Å². The molecule has 2 N–H and O–H groups in total. The molecule has 2 rings (SSSR count). The van der Waals surface area contributed by atoms with Gasteiger partial charge in [0.1, 0.15) is 17.3 Å². The molecule has 24 heavy (non-hydrogen) atoms. The number of hydrogen-bond donors (Lipinski definition) is 2. The number of hydrogen-bond acceptors (Lipinski definition) is 7. The van der Waals surface area contributed by atoms with E-state index in [4.69, 9.17) is 25.8 Å². The van der Waals surface area contributed by atoms with Crippen molar-refractivity contribution in [3.8, 4) is 11.5 Å². The van der Waals surface area contributed by atoms with Crippen molar-refractivity contribution in [2.24, 2.45) is 0 Å². The van der Waals surface area contributed by atoms with E-state index in [-0.39, 0.29) is 0 Å². The summed E-state index contributed by atoms with van der Waals surface area (Å²) < 4.78 is 15.6. The number of methoxy groups -OCH3 is 3. The van der Waals surface area contributed by atoms with E-state index in [1.54, 1.807) is 33.5 Å². The van der Waals surface area contributed by atoms with E-state index >= 15 is 0 Å². The number of ether oxygens (including phenoxy) is 3. The summed E-state index contributed by atoms with van der Waals surface area (Å²) in [6.07, 6.45) is 0. The highest BCUT2D eigenvalue weighted by atomic mass is 35.5. The van der Waals surface area contributed by atoms with E-state index in [1.807, 2.05) is 13.0 Å².